The van der Waals surface area contributed by atoms with Crippen LogP contribution in [-0.4, -0.2) is 21.0 Å². The minimum Gasteiger partial charge on any atom is -0.478 e. The Morgan fingerprint density at radius 3 is 2.76 bits per heavy atom. The van der Waals surface area contributed by atoms with Gasteiger partial charge in [0, 0.05) is 6.08 Å². The van der Waals surface area contributed by atoms with Crippen molar-refractivity contribution in [1.82, 2.24) is 9.97 Å². The van der Waals surface area contributed by atoms with Crippen LogP contribution in [0.5, 0.6) is 0 Å². The minimum atomic E-state index is -0.948. The van der Waals surface area contributed by atoms with Crippen LogP contribution in [0.1, 0.15) is 25.2 Å². The van der Waals surface area contributed by atoms with Gasteiger partial charge in [0.15, 0.2) is 0 Å². The van der Waals surface area contributed by atoms with Crippen molar-refractivity contribution in [2.45, 2.75) is 20.8 Å². The molecule has 0 saturated heterocycles. The van der Waals surface area contributed by atoms with Crippen LogP contribution < -0.4 is 0 Å². The van der Waals surface area contributed by atoms with Crippen LogP contribution in [0.2, 0.25) is 0 Å². The molecule has 0 aliphatic heterocycles. The molecule has 4 nitrogen and oxygen atoms in total. The Hall–Kier alpha value is -2.10. The number of aromatic nitrogens is 2. The van der Waals surface area contributed by atoms with Crippen LogP contribution >= 0.6 is 0 Å². The summed E-state index contributed by atoms with van der Waals surface area (Å²) in [7, 11) is 0. The second-order valence-corrected chi connectivity index (χ2v) is 3.27. The lowest BCUT2D eigenvalue weighted by Crippen LogP contribution is -1.85. The smallest absolute Gasteiger partial charge is 0.328 e. The van der Waals surface area contributed by atoms with Crippen LogP contribution in [0.4, 0.5) is 0 Å². The van der Waals surface area contributed by atoms with E-state index < -0.39 is 5.97 Å². The lowest BCUT2D eigenvalue weighted by molar-refractivity contribution is -0.131. The number of fused-ring (bicyclic) bond motifs is 1. The van der Waals surface area contributed by atoms with Crippen LogP contribution in [0.15, 0.2) is 24.3 Å². The summed E-state index contributed by atoms with van der Waals surface area (Å²) in [6.45, 7) is 5.88. The van der Waals surface area contributed by atoms with E-state index in [1.807, 2.05) is 39.0 Å². The first kappa shape index (κ1) is 13.0. The Bertz CT molecular complexity index is 541. The zero-order chi connectivity index (χ0) is 12.8. The Morgan fingerprint density at radius 1 is 1.41 bits per heavy atom. The van der Waals surface area contributed by atoms with Crippen molar-refractivity contribution in [3.05, 3.63) is 35.7 Å². The average molecular weight is 232 g/mol. The van der Waals surface area contributed by atoms with Crippen LogP contribution in [0.25, 0.3) is 17.1 Å². The second kappa shape index (κ2) is 5.84. The number of nitrogens with one attached hydrogen (secondary N) is 1. The number of nitrogens with zero attached hydrogens (tertiary/aromatic N) is 1. The van der Waals surface area contributed by atoms with Gasteiger partial charge in [0.2, 0.25) is 0 Å². The number of carboxylic acids is 1. The molecule has 0 radical (unpaired) electrons. The first-order chi connectivity index (χ1) is 8.15. The summed E-state index contributed by atoms with van der Waals surface area (Å²) in [5.74, 6) is -0.0970. The third kappa shape index (κ3) is 3.45. The summed E-state index contributed by atoms with van der Waals surface area (Å²) >= 11 is 0. The third-order valence-corrected chi connectivity index (χ3v) is 2.04. The average Bonchev–Trinajstić information content (AvgIpc) is 2.68. The number of benzene rings is 1. The molecule has 0 atom stereocenters. The Balaban J connectivity index is 0.000000686. The first-order valence-electron chi connectivity index (χ1n) is 5.52. The predicted octanol–water partition coefficient (Wildman–Crippen LogP) is 3.00. The van der Waals surface area contributed by atoms with Gasteiger partial charge in [0.05, 0.1) is 11.0 Å². The van der Waals surface area contributed by atoms with Gasteiger partial charge in [-0.3, -0.25) is 0 Å². The predicted molar refractivity (Wildman–Crippen MR) is 68.8 cm³/mol. The molecule has 17 heavy (non-hydrogen) atoms. The third-order valence-electron chi connectivity index (χ3n) is 2.04. The largest absolute Gasteiger partial charge is 0.478 e. The maximum absolute atomic E-state index is 10.3. The van der Waals surface area contributed by atoms with Crippen molar-refractivity contribution in [1.29, 1.82) is 0 Å². The highest BCUT2D eigenvalue weighted by Gasteiger charge is 1.98. The van der Waals surface area contributed by atoms with Gasteiger partial charge in [0.25, 0.3) is 0 Å². The van der Waals surface area contributed by atoms with E-state index in [1.54, 1.807) is 6.08 Å². The van der Waals surface area contributed by atoms with Crippen LogP contribution in [0, 0.1) is 6.92 Å². The molecule has 0 aliphatic rings. The SMILES string of the molecule is CC.Cc1nc2ccc(/C=C/C(=O)O)cc2[nH]1. The van der Waals surface area contributed by atoms with Crippen molar-refractivity contribution >= 4 is 23.1 Å². The Morgan fingerprint density at radius 2 is 2.12 bits per heavy atom. The molecular formula is C13H16N2O2. The molecule has 90 valence electrons. The van der Waals surface area contributed by atoms with Gasteiger partial charge in [0.1, 0.15) is 5.82 Å². The van der Waals surface area contributed by atoms with E-state index in [2.05, 4.69) is 9.97 Å². The van der Waals surface area contributed by atoms with E-state index in [0.717, 1.165) is 28.5 Å². The van der Waals surface area contributed by atoms with E-state index in [-0.39, 0.29) is 0 Å². The zero-order valence-electron chi connectivity index (χ0n) is 10.2. The molecule has 0 bridgehead atoms. The number of hydrogen-bond acceptors (Lipinski definition) is 2. The van der Waals surface area contributed by atoms with Crippen LogP contribution in [-0.2, 0) is 4.79 Å². The van der Waals surface area contributed by atoms with Crippen molar-refractivity contribution < 1.29 is 9.90 Å². The van der Waals surface area contributed by atoms with Crippen molar-refractivity contribution in [2.24, 2.45) is 0 Å². The molecule has 0 fully saturated rings. The van der Waals surface area contributed by atoms with Crippen LogP contribution in [0.3, 0.4) is 0 Å². The van der Waals surface area contributed by atoms with E-state index >= 15 is 0 Å². The van der Waals surface area contributed by atoms with Gasteiger partial charge >= 0.3 is 5.97 Å². The molecule has 0 saturated carbocycles. The highest BCUT2D eigenvalue weighted by Crippen LogP contribution is 2.14. The fourth-order valence-corrected chi connectivity index (χ4v) is 1.43. The first-order valence-corrected chi connectivity index (χ1v) is 5.52. The fraction of sp³-hybridized carbons (Fsp3) is 0.231. The van der Waals surface area contributed by atoms with Gasteiger partial charge in [-0.15, -0.1) is 0 Å². The Kier molecular flexibility index (Phi) is 4.46. The number of aliphatic carboxylic acids is 1. The van der Waals surface area contributed by atoms with Gasteiger partial charge in [-0.2, -0.15) is 0 Å². The lowest BCUT2D eigenvalue weighted by atomic mass is 10.2. The number of carboxylic acid groups (broad SMARTS) is 1. The fourth-order valence-electron chi connectivity index (χ4n) is 1.43. The summed E-state index contributed by atoms with van der Waals surface area (Å²) in [4.78, 5) is 17.7. The molecule has 4 heteroatoms. The van der Waals surface area contributed by atoms with Gasteiger partial charge in [-0.05, 0) is 30.7 Å². The quantitative estimate of drug-likeness (QED) is 0.782. The molecule has 2 rings (SSSR count). The molecule has 0 aliphatic carbocycles. The minimum absolute atomic E-state index is 0.841. The molecule has 1 heterocycles. The van der Waals surface area contributed by atoms with E-state index in [1.165, 1.54) is 0 Å². The number of aromatic amines is 1. The molecule has 0 spiro atoms. The summed E-state index contributed by atoms with van der Waals surface area (Å²) < 4.78 is 0. The van der Waals surface area contributed by atoms with E-state index in [9.17, 15) is 4.79 Å². The monoisotopic (exact) mass is 232 g/mol. The number of rotatable bonds is 2. The highest BCUT2D eigenvalue weighted by molar-refractivity contribution is 5.86. The molecule has 1 aromatic heterocycles. The van der Waals surface area contributed by atoms with E-state index in [4.69, 9.17) is 5.11 Å². The van der Waals surface area contributed by atoms with Crippen molar-refractivity contribution in [3.8, 4) is 0 Å². The number of carbonyl (C=O) groups is 1. The number of hydrogen-bond donors (Lipinski definition) is 2. The topological polar surface area (TPSA) is 66.0 Å². The molecule has 2 N–H and O–H groups in total. The van der Waals surface area contributed by atoms with Gasteiger partial charge in [-0.1, -0.05) is 19.9 Å². The van der Waals surface area contributed by atoms with Gasteiger partial charge < -0.3 is 10.1 Å². The standard InChI is InChI=1S/C11H10N2O2.C2H6/c1-7-12-9-4-2-8(3-5-11(14)15)6-10(9)13-7;1-2/h2-6H,1H3,(H,12,13)(H,14,15);1-2H3/b5-3+;. The van der Waals surface area contributed by atoms with Gasteiger partial charge in [-0.25, -0.2) is 9.78 Å². The number of H-pyrrole nitrogens is 1. The summed E-state index contributed by atoms with van der Waals surface area (Å²) in [5, 5.41) is 8.49. The molecule has 0 amide bonds. The molecule has 1 aromatic carbocycles. The Labute approximate surface area is 100 Å². The normalized spacial score (nSPS) is 10.3. The summed E-state index contributed by atoms with van der Waals surface area (Å²) in [6.07, 6.45) is 2.67. The zero-order valence-corrected chi connectivity index (χ0v) is 10.2. The molecule has 2 aromatic rings. The lowest BCUT2D eigenvalue weighted by Gasteiger charge is -1.92. The van der Waals surface area contributed by atoms with E-state index in [0.29, 0.717) is 0 Å². The maximum Gasteiger partial charge on any atom is 0.328 e. The second-order valence-electron chi connectivity index (χ2n) is 3.27. The summed E-state index contributed by atoms with van der Waals surface area (Å²) in [5.41, 5.74) is 2.65. The number of imidazole rings is 1. The van der Waals surface area contributed by atoms with Crippen molar-refractivity contribution in [2.75, 3.05) is 0 Å². The number of aryl methyl sites for hydroxylation is 1. The van der Waals surface area contributed by atoms with Crippen molar-refractivity contribution in [3.63, 3.8) is 0 Å². The molecule has 0 unspecified atom stereocenters. The highest BCUT2D eigenvalue weighted by atomic mass is 16.4. The summed E-state index contributed by atoms with van der Waals surface area (Å²) in [6, 6.07) is 5.57. The molecular weight excluding hydrogens is 216 g/mol. The maximum atomic E-state index is 10.3.